The Morgan fingerprint density at radius 1 is 0.735 bits per heavy atom. The molecule has 0 aliphatic carbocycles. The first kappa shape index (κ1) is 22.7. The number of nitrogens with one attached hydrogen (secondary N) is 2. The molecule has 0 saturated carbocycles. The van der Waals surface area contributed by atoms with Crippen molar-refractivity contribution in [2.45, 2.75) is 6.54 Å². The Morgan fingerprint density at radius 3 is 2.26 bits per heavy atom. The summed E-state index contributed by atoms with van der Waals surface area (Å²) in [6, 6.07) is 26.7. The first-order valence-corrected chi connectivity index (χ1v) is 10.8. The van der Waals surface area contributed by atoms with E-state index in [1.807, 2.05) is 30.3 Å². The van der Waals surface area contributed by atoms with Crippen LogP contribution >= 0.6 is 0 Å². The van der Waals surface area contributed by atoms with Gasteiger partial charge in [0.05, 0.1) is 24.1 Å². The van der Waals surface area contributed by atoms with Crippen LogP contribution in [0.2, 0.25) is 0 Å². The molecule has 7 nitrogen and oxygen atoms in total. The highest BCUT2D eigenvalue weighted by Crippen LogP contribution is 2.19. The smallest absolute Gasteiger partial charge is 0.255 e. The van der Waals surface area contributed by atoms with Gasteiger partial charge in [0.15, 0.2) is 0 Å². The number of para-hydroxylation sites is 2. The summed E-state index contributed by atoms with van der Waals surface area (Å²) in [7, 11) is 0. The molecule has 172 valence electrons. The topological polar surface area (TPSA) is 89.8 Å². The van der Waals surface area contributed by atoms with Crippen LogP contribution in [0.4, 0.5) is 5.69 Å². The highest BCUT2D eigenvalue weighted by molar-refractivity contribution is 6.09. The second-order valence-electron chi connectivity index (χ2n) is 7.30. The molecule has 0 spiro atoms. The van der Waals surface area contributed by atoms with Crippen molar-refractivity contribution in [1.29, 1.82) is 0 Å². The average molecular weight is 456 g/mol. The molecule has 2 amide bonds. The van der Waals surface area contributed by atoms with Crippen LogP contribution in [0.25, 0.3) is 0 Å². The van der Waals surface area contributed by atoms with Crippen LogP contribution in [0, 0.1) is 0 Å². The van der Waals surface area contributed by atoms with Gasteiger partial charge in [-0.3, -0.25) is 9.59 Å². The van der Waals surface area contributed by atoms with Crippen LogP contribution in [-0.4, -0.2) is 25.0 Å². The van der Waals surface area contributed by atoms with Gasteiger partial charge in [-0.2, -0.15) is 0 Å². The summed E-state index contributed by atoms with van der Waals surface area (Å²) >= 11 is 0. The lowest BCUT2D eigenvalue weighted by molar-refractivity contribution is 0.0949. The molecule has 2 N–H and O–H groups in total. The van der Waals surface area contributed by atoms with Gasteiger partial charge in [0.2, 0.25) is 0 Å². The Bertz CT molecular complexity index is 1220. The molecule has 7 heteroatoms. The fraction of sp³-hybridized carbons (Fsp3) is 0.111. The van der Waals surface area contributed by atoms with E-state index in [9.17, 15) is 9.59 Å². The lowest BCUT2D eigenvalue weighted by Gasteiger charge is -2.12. The fourth-order valence-electron chi connectivity index (χ4n) is 3.22. The number of furan rings is 1. The minimum Gasteiger partial charge on any atom is -0.490 e. The molecule has 1 heterocycles. The summed E-state index contributed by atoms with van der Waals surface area (Å²) in [6.07, 6.45) is 1.55. The molecule has 0 radical (unpaired) electrons. The Morgan fingerprint density at radius 2 is 1.47 bits per heavy atom. The van der Waals surface area contributed by atoms with Crippen LogP contribution in [0.1, 0.15) is 26.5 Å². The normalized spacial score (nSPS) is 10.4. The summed E-state index contributed by atoms with van der Waals surface area (Å²) in [4.78, 5) is 25.5. The van der Waals surface area contributed by atoms with E-state index in [1.165, 1.54) is 0 Å². The van der Waals surface area contributed by atoms with Gasteiger partial charge in [0.1, 0.15) is 30.5 Å². The Labute approximate surface area is 197 Å². The zero-order valence-corrected chi connectivity index (χ0v) is 18.4. The molecule has 0 aliphatic heterocycles. The Kier molecular flexibility index (Phi) is 7.58. The molecule has 4 aromatic rings. The molecule has 0 bridgehead atoms. The highest BCUT2D eigenvalue weighted by atomic mass is 16.5. The first-order chi connectivity index (χ1) is 16.7. The van der Waals surface area contributed by atoms with Gasteiger partial charge in [0.25, 0.3) is 11.8 Å². The van der Waals surface area contributed by atoms with Crippen molar-refractivity contribution in [2.75, 3.05) is 18.5 Å². The van der Waals surface area contributed by atoms with Crippen molar-refractivity contribution in [2.24, 2.45) is 0 Å². The molecule has 0 aliphatic rings. The predicted molar refractivity (Wildman–Crippen MR) is 128 cm³/mol. The maximum absolute atomic E-state index is 12.9. The molecule has 0 unspecified atom stereocenters. The van der Waals surface area contributed by atoms with E-state index in [0.29, 0.717) is 41.5 Å². The Balaban J connectivity index is 1.34. The van der Waals surface area contributed by atoms with Gasteiger partial charge in [0, 0.05) is 5.56 Å². The number of anilines is 1. The molecule has 4 rings (SSSR count). The van der Waals surface area contributed by atoms with Crippen LogP contribution in [-0.2, 0) is 6.54 Å². The van der Waals surface area contributed by atoms with E-state index >= 15 is 0 Å². The van der Waals surface area contributed by atoms with Crippen LogP contribution < -0.4 is 20.1 Å². The fourth-order valence-corrected chi connectivity index (χ4v) is 3.22. The van der Waals surface area contributed by atoms with Crippen molar-refractivity contribution in [3.8, 4) is 11.5 Å². The van der Waals surface area contributed by atoms with Crippen molar-refractivity contribution in [3.05, 3.63) is 114 Å². The number of carbonyl (C=O) groups excluding carboxylic acids is 2. The minimum absolute atomic E-state index is 0.251. The van der Waals surface area contributed by atoms with Crippen LogP contribution in [0.15, 0.2) is 102 Å². The van der Waals surface area contributed by atoms with E-state index in [-0.39, 0.29) is 18.4 Å². The number of ether oxygens (including phenoxy) is 2. The molecule has 0 atom stereocenters. The number of carbonyl (C=O) groups is 2. The van der Waals surface area contributed by atoms with E-state index in [4.69, 9.17) is 13.9 Å². The first-order valence-electron chi connectivity index (χ1n) is 10.8. The quantitative estimate of drug-likeness (QED) is 0.331. The van der Waals surface area contributed by atoms with Gasteiger partial charge in [-0.1, -0.05) is 36.4 Å². The summed E-state index contributed by atoms with van der Waals surface area (Å²) in [5.41, 5.74) is 1.17. The molecule has 0 saturated heterocycles. The minimum atomic E-state index is -0.350. The van der Waals surface area contributed by atoms with Crippen LogP contribution in [0.5, 0.6) is 11.5 Å². The van der Waals surface area contributed by atoms with Gasteiger partial charge >= 0.3 is 0 Å². The third kappa shape index (κ3) is 6.26. The van der Waals surface area contributed by atoms with Gasteiger partial charge in [-0.15, -0.1) is 0 Å². The molecular weight excluding hydrogens is 432 g/mol. The van der Waals surface area contributed by atoms with Crippen molar-refractivity contribution < 1.29 is 23.5 Å². The van der Waals surface area contributed by atoms with Gasteiger partial charge in [-0.05, 0) is 54.6 Å². The number of rotatable bonds is 10. The molecule has 34 heavy (non-hydrogen) atoms. The zero-order chi connectivity index (χ0) is 23.6. The summed E-state index contributed by atoms with van der Waals surface area (Å²) < 4.78 is 16.6. The van der Waals surface area contributed by atoms with E-state index in [2.05, 4.69) is 10.6 Å². The second-order valence-corrected chi connectivity index (χ2v) is 7.30. The third-order valence-electron chi connectivity index (χ3n) is 4.88. The third-order valence-corrected chi connectivity index (χ3v) is 4.88. The standard InChI is InChI=1S/C27H24N2O5/c30-26(20-8-6-11-22(18-20)34-17-16-33-21-9-2-1-3-10-21)29-25-14-5-4-13-24(25)27(31)28-19-23-12-7-15-32-23/h1-15,18H,16-17,19H2,(H,28,31)(H,29,30). The van der Waals surface area contributed by atoms with Crippen molar-refractivity contribution in [3.63, 3.8) is 0 Å². The van der Waals surface area contributed by atoms with Gasteiger partial charge < -0.3 is 24.5 Å². The SMILES string of the molecule is O=C(Nc1ccccc1C(=O)NCc1ccco1)c1cccc(OCCOc2ccccc2)c1. The number of benzene rings is 3. The lowest BCUT2D eigenvalue weighted by atomic mass is 10.1. The van der Waals surface area contributed by atoms with Crippen molar-refractivity contribution in [1.82, 2.24) is 5.32 Å². The average Bonchev–Trinajstić information content (AvgIpc) is 3.40. The van der Waals surface area contributed by atoms with E-state index in [1.54, 1.807) is 66.9 Å². The number of hydrogen-bond acceptors (Lipinski definition) is 5. The Hall–Kier alpha value is -4.52. The largest absolute Gasteiger partial charge is 0.490 e. The molecule has 0 fully saturated rings. The molecule has 1 aromatic heterocycles. The maximum atomic E-state index is 12.9. The maximum Gasteiger partial charge on any atom is 0.255 e. The lowest BCUT2D eigenvalue weighted by Crippen LogP contribution is -2.24. The summed E-state index contributed by atoms with van der Waals surface area (Å²) in [6.45, 7) is 0.959. The zero-order valence-electron chi connectivity index (χ0n) is 18.4. The summed E-state index contributed by atoms with van der Waals surface area (Å²) in [5, 5.41) is 5.60. The van der Waals surface area contributed by atoms with E-state index < -0.39 is 0 Å². The summed E-state index contributed by atoms with van der Waals surface area (Å²) in [5.74, 6) is 1.29. The van der Waals surface area contributed by atoms with E-state index in [0.717, 1.165) is 5.75 Å². The predicted octanol–water partition coefficient (Wildman–Crippen LogP) is 4.92. The monoisotopic (exact) mass is 456 g/mol. The number of hydrogen-bond donors (Lipinski definition) is 2. The number of amides is 2. The molecular formula is C27H24N2O5. The second kappa shape index (κ2) is 11.4. The van der Waals surface area contributed by atoms with Gasteiger partial charge in [-0.25, -0.2) is 0 Å². The molecule has 3 aromatic carbocycles. The van der Waals surface area contributed by atoms with Crippen LogP contribution in [0.3, 0.4) is 0 Å². The van der Waals surface area contributed by atoms with Crippen molar-refractivity contribution >= 4 is 17.5 Å². The highest BCUT2D eigenvalue weighted by Gasteiger charge is 2.15.